The number of hydrogen-bond acceptors (Lipinski definition) is 5. The van der Waals surface area contributed by atoms with E-state index in [9.17, 15) is 14.7 Å². The Morgan fingerprint density at radius 3 is 2.52 bits per heavy atom. The predicted octanol–water partition coefficient (Wildman–Crippen LogP) is 1.97. The Bertz CT molecular complexity index is 992. The summed E-state index contributed by atoms with van der Waals surface area (Å²) in [5.41, 5.74) is 0.467. The van der Waals surface area contributed by atoms with E-state index < -0.39 is 17.7 Å². The molecular weight excluding hydrogens is 420 g/mol. The maximum atomic E-state index is 13.0. The number of aliphatic hydroxyl groups excluding tert-OH is 1. The van der Waals surface area contributed by atoms with E-state index in [1.165, 1.54) is 9.80 Å². The molecule has 2 aliphatic heterocycles. The number of benzene rings is 1. The van der Waals surface area contributed by atoms with Crippen molar-refractivity contribution in [1.29, 1.82) is 0 Å². The smallest absolute Gasteiger partial charge is 0.295 e. The standard InChI is InChI=1S/C23H25ClN2O5/c1-15-3-8-18(31-15)20-19(21(27)16-4-6-17(24)7-5-16)22(28)23(29)26(20)10-2-9-25-11-13-30-14-12-25/h3-8,20,27H,2,9-14H2,1H3/p+1. The van der Waals surface area contributed by atoms with E-state index in [-0.39, 0.29) is 11.3 Å². The molecule has 164 valence electrons. The number of ether oxygens (including phenoxy) is 1. The summed E-state index contributed by atoms with van der Waals surface area (Å²) in [6, 6.07) is 9.28. The highest BCUT2D eigenvalue weighted by molar-refractivity contribution is 6.46. The zero-order valence-corrected chi connectivity index (χ0v) is 18.2. The van der Waals surface area contributed by atoms with Gasteiger partial charge in [-0.25, -0.2) is 0 Å². The van der Waals surface area contributed by atoms with Crippen LogP contribution in [0.4, 0.5) is 0 Å². The molecule has 2 fully saturated rings. The molecule has 4 rings (SSSR count). The zero-order valence-electron chi connectivity index (χ0n) is 17.4. The number of halogens is 1. The van der Waals surface area contributed by atoms with Crippen molar-refractivity contribution in [2.45, 2.75) is 19.4 Å². The molecule has 1 amide bonds. The van der Waals surface area contributed by atoms with Crippen LogP contribution in [0.25, 0.3) is 5.76 Å². The van der Waals surface area contributed by atoms with Crippen molar-refractivity contribution < 1.29 is 28.7 Å². The molecule has 8 heteroatoms. The van der Waals surface area contributed by atoms with Crippen molar-refractivity contribution in [1.82, 2.24) is 4.90 Å². The topological polar surface area (TPSA) is 84.4 Å². The van der Waals surface area contributed by atoms with Crippen molar-refractivity contribution in [2.75, 3.05) is 39.4 Å². The lowest BCUT2D eigenvalue weighted by atomic mass is 9.99. The lowest BCUT2D eigenvalue weighted by molar-refractivity contribution is -0.908. The highest BCUT2D eigenvalue weighted by Gasteiger charge is 2.47. The summed E-state index contributed by atoms with van der Waals surface area (Å²) in [6.07, 6.45) is 0.736. The van der Waals surface area contributed by atoms with Crippen LogP contribution in [-0.4, -0.2) is 61.1 Å². The van der Waals surface area contributed by atoms with Crippen LogP contribution in [0.3, 0.4) is 0 Å². The number of Topliss-reactive ketones (excluding diaryl/α,β-unsaturated/α-hetero) is 1. The fraction of sp³-hybridized carbons (Fsp3) is 0.391. The molecule has 1 atom stereocenters. The molecule has 1 unspecified atom stereocenters. The molecule has 0 bridgehead atoms. The molecule has 1 aromatic heterocycles. The lowest BCUT2D eigenvalue weighted by Gasteiger charge is -2.26. The molecule has 7 nitrogen and oxygen atoms in total. The fourth-order valence-corrected chi connectivity index (χ4v) is 4.31. The number of hydrogen-bond donors (Lipinski definition) is 2. The third-order valence-electron chi connectivity index (χ3n) is 5.82. The summed E-state index contributed by atoms with van der Waals surface area (Å²) in [7, 11) is 0. The van der Waals surface area contributed by atoms with Crippen LogP contribution in [0.2, 0.25) is 5.02 Å². The number of morpholine rings is 1. The van der Waals surface area contributed by atoms with Crippen molar-refractivity contribution in [3.63, 3.8) is 0 Å². The van der Waals surface area contributed by atoms with Crippen LogP contribution in [-0.2, 0) is 14.3 Å². The van der Waals surface area contributed by atoms with E-state index in [1.54, 1.807) is 43.3 Å². The fourth-order valence-electron chi connectivity index (χ4n) is 4.18. The molecule has 0 spiro atoms. The first kappa shape index (κ1) is 21.6. The summed E-state index contributed by atoms with van der Waals surface area (Å²) in [5.74, 6) is -0.414. The maximum Gasteiger partial charge on any atom is 0.295 e. The number of aliphatic hydroxyl groups is 1. The number of likely N-dealkylation sites (tertiary alicyclic amines) is 1. The van der Waals surface area contributed by atoms with Gasteiger partial charge in [-0.2, -0.15) is 0 Å². The Morgan fingerprint density at radius 1 is 1.16 bits per heavy atom. The Hall–Kier alpha value is -2.61. The SMILES string of the molecule is Cc1ccc(C2C(=C(O)c3ccc(Cl)cc3)C(=O)C(=O)N2CCC[NH+]2CCOCC2)o1. The molecule has 2 aromatic rings. The van der Waals surface area contributed by atoms with Gasteiger partial charge in [0.2, 0.25) is 0 Å². The van der Waals surface area contributed by atoms with Gasteiger partial charge in [-0.1, -0.05) is 11.6 Å². The lowest BCUT2D eigenvalue weighted by Crippen LogP contribution is -3.14. The van der Waals surface area contributed by atoms with Crippen LogP contribution >= 0.6 is 11.6 Å². The van der Waals surface area contributed by atoms with Gasteiger partial charge in [-0.3, -0.25) is 9.59 Å². The number of nitrogens with zero attached hydrogens (tertiary/aromatic N) is 1. The van der Waals surface area contributed by atoms with Crippen molar-refractivity contribution in [2.24, 2.45) is 0 Å². The normalized spacial score (nSPS) is 21.7. The Kier molecular flexibility index (Phi) is 6.46. The van der Waals surface area contributed by atoms with Gasteiger partial charge >= 0.3 is 0 Å². The third-order valence-corrected chi connectivity index (χ3v) is 6.07. The van der Waals surface area contributed by atoms with Crippen molar-refractivity contribution in [3.8, 4) is 0 Å². The minimum atomic E-state index is -0.760. The van der Waals surface area contributed by atoms with E-state index in [0.29, 0.717) is 28.7 Å². The number of aryl methyl sites for hydroxylation is 1. The zero-order chi connectivity index (χ0) is 22.0. The van der Waals surface area contributed by atoms with E-state index in [1.807, 2.05) is 0 Å². The second-order valence-electron chi connectivity index (χ2n) is 7.91. The summed E-state index contributed by atoms with van der Waals surface area (Å²) in [5, 5.41) is 11.5. The van der Waals surface area contributed by atoms with Gasteiger partial charge in [0.15, 0.2) is 0 Å². The predicted molar refractivity (Wildman–Crippen MR) is 115 cm³/mol. The van der Waals surface area contributed by atoms with Crippen LogP contribution in [0.5, 0.6) is 0 Å². The number of carbonyl (C=O) groups is 2. The van der Waals surface area contributed by atoms with Gasteiger partial charge in [0, 0.05) is 23.6 Å². The second kappa shape index (κ2) is 9.26. The largest absolute Gasteiger partial charge is 0.507 e. The summed E-state index contributed by atoms with van der Waals surface area (Å²) < 4.78 is 11.2. The van der Waals surface area contributed by atoms with Crippen molar-refractivity contribution in [3.05, 3.63) is 64.1 Å². The number of furan rings is 1. The van der Waals surface area contributed by atoms with Crippen molar-refractivity contribution >= 4 is 29.1 Å². The van der Waals surface area contributed by atoms with Crippen LogP contribution in [0, 0.1) is 6.92 Å². The molecule has 31 heavy (non-hydrogen) atoms. The Morgan fingerprint density at radius 2 is 1.87 bits per heavy atom. The molecule has 2 N–H and O–H groups in total. The number of ketones is 1. The van der Waals surface area contributed by atoms with E-state index in [4.69, 9.17) is 20.8 Å². The average molecular weight is 446 g/mol. The minimum Gasteiger partial charge on any atom is -0.507 e. The minimum absolute atomic E-state index is 0.0420. The Balaban J connectivity index is 1.64. The summed E-state index contributed by atoms with van der Waals surface area (Å²) in [4.78, 5) is 28.8. The Labute approximate surface area is 185 Å². The molecule has 0 aliphatic carbocycles. The van der Waals surface area contributed by atoms with Gasteiger partial charge in [0.05, 0.1) is 25.3 Å². The first-order valence-corrected chi connectivity index (χ1v) is 10.9. The first-order chi connectivity index (χ1) is 15.0. The summed E-state index contributed by atoms with van der Waals surface area (Å²) >= 11 is 5.95. The highest BCUT2D eigenvalue weighted by atomic mass is 35.5. The number of rotatable bonds is 6. The van der Waals surface area contributed by atoms with E-state index in [0.717, 1.165) is 39.3 Å². The molecule has 2 saturated heterocycles. The van der Waals surface area contributed by atoms with Gasteiger partial charge in [-0.15, -0.1) is 0 Å². The number of nitrogens with one attached hydrogen (secondary N) is 1. The maximum absolute atomic E-state index is 13.0. The molecule has 0 saturated carbocycles. The average Bonchev–Trinajstić information content (AvgIpc) is 3.30. The van der Waals surface area contributed by atoms with Crippen LogP contribution in [0.15, 0.2) is 46.4 Å². The molecule has 3 heterocycles. The highest BCUT2D eigenvalue weighted by Crippen LogP contribution is 2.40. The van der Waals surface area contributed by atoms with Gasteiger partial charge in [0.25, 0.3) is 11.7 Å². The quantitative estimate of drug-likeness (QED) is 0.403. The second-order valence-corrected chi connectivity index (χ2v) is 8.35. The molecule has 0 radical (unpaired) electrons. The van der Waals surface area contributed by atoms with Gasteiger partial charge in [-0.05, 0) is 43.3 Å². The first-order valence-electron chi connectivity index (χ1n) is 10.5. The van der Waals surface area contributed by atoms with Gasteiger partial charge < -0.3 is 24.1 Å². The van der Waals surface area contributed by atoms with E-state index >= 15 is 0 Å². The number of carbonyl (C=O) groups excluding carboxylic acids is 2. The monoisotopic (exact) mass is 445 g/mol. The van der Waals surface area contributed by atoms with Crippen LogP contribution < -0.4 is 4.90 Å². The molecule has 2 aliphatic rings. The number of amides is 1. The number of quaternary nitrogens is 1. The van der Waals surface area contributed by atoms with Crippen LogP contribution in [0.1, 0.15) is 29.5 Å². The summed E-state index contributed by atoms with van der Waals surface area (Å²) in [6.45, 7) is 6.45. The van der Waals surface area contributed by atoms with Gasteiger partial charge in [0.1, 0.15) is 36.4 Å². The third kappa shape index (κ3) is 4.54. The molecular formula is C23H26ClN2O5+. The van der Waals surface area contributed by atoms with E-state index in [2.05, 4.69) is 0 Å². The molecule has 1 aromatic carbocycles.